The lowest BCUT2D eigenvalue weighted by Crippen LogP contribution is -2.37. The van der Waals surface area contributed by atoms with Gasteiger partial charge in [0, 0.05) is 18.8 Å². The van der Waals surface area contributed by atoms with E-state index < -0.39 is 33.0 Å². The molecule has 1 aliphatic rings. The highest BCUT2D eigenvalue weighted by molar-refractivity contribution is 7.89. The zero-order valence-corrected chi connectivity index (χ0v) is 18.3. The summed E-state index contributed by atoms with van der Waals surface area (Å²) in [6.07, 6.45) is 2.00. The average molecular weight is 437 g/mol. The van der Waals surface area contributed by atoms with Gasteiger partial charge in [-0.2, -0.15) is 5.26 Å². The van der Waals surface area contributed by atoms with E-state index in [1.54, 1.807) is 26.8 Å². The van der Waals surface area contributed by atoms with E-state index >= 15 is 0 Å². The van der Waals surface area contributed by atoms with Crippen LogP contribution in [0.2, 0.25) is 0 Å². The third-order valence-electron chi connectivity index (χ3n) is 4.59. The molecule has 0 saturated heterocycles. The summed E-state index contributed by atoms with van der Waals surface area (Å²) in [5.74, 6) is -0.411. The van der Waals surface area contributed by atoms with Gasteiger partial charge in [-0.1, -0.05) is 18.9 Å². The molecule has 0 bridgehead atoms. The van der Waals surface area contributed by atoms with Crippen molar-refractivity contribution >= 4 is 27.7 Å². The Morgan fingerprint density at radius 2 is 1.87 bits per heavy atom. The molecule has 0 aliphatic heterocycles. The average Bonchev–Trinajstić information content (AvgIpc) is 3.15. The van der Waals surface area contributed by atoms with Gasteiger partial charge < -0.3 is 15.4 Å². The maximum Gasteiger partial charge on any atom is 0.407 e. The number of nitrogens with zero attached hydrogens (tertiary/aromatic N) is 1. The first kappa shape index (κ1) is 23.6. The van der Waals surface area contributed by atoms with Crippen molar-refractivity contribution in [2.45, 2.75) is 57.0 Å². The van der Waals surface area contributed by atoms with E-state index in [0.29, 0.717) is 18.5 Å². The van der Waals surface area contributed by atoms with Gasteiger partial charge in [0.1, 0.15) is 11.0 Å². The first-order valence-electron chi connectivity index (χ1n) is 9.77. The fourth-order valence-electron chi connectivity index (χ4n) is 3.11. The predicted octanol–water partition coefficient (Wildman–Crippen LogP) is 2.51. The standard InChI is InChI=1S/C20H28N4O5S/c1-19(2,3)29-18(26)22-11-12-23-30(27,28)16-8-6-7-15(13-16)24-17(25)20(14-21)9-4-5-10-20/h6-8,13,23H,4-5,9-12H2,1-3H3,(H,22,26)(H,24,25). The quantitative estimate of drug-likeness (QED) is 0.562. The van der Waals surface area contributed by atoms with Gasteiger partial charge in [0.05, 0.1) is 11.0 Å². The van der Waals surface area contributed by atoms with Crippen molar-refractivity contribution in [2.24, 2.45) is 5.41 Å². The molecule has 164 valence electrons. The van der Waals surface area contributed by atoms with Crippen LogP contribution in [0.25, 0.3) is 0 Å². The lowest BCUT2D eigenvalue weighted by molar-refractivity contribution is -0.122. The van der Waals surface area contributed by atoms with Crippen LogP contribution in [0.3, 0.4) is 0 Å². The Balaban J connectivity index is 1.95. The summed E-state index contributed by atoms with van der Waals surface area (Å²) in [6.45, 7) is 5.20. The number of alkyl carbamates (subject to hydrolysis) is 1. The fraction of sp³-hybridized carbons (Fsp3) is 0.550. The number of anilines is 1. The van der Waals surface area contributed by atoms with Crippen LogP contribution in [-0.2, 0) is 19.6 Å². The SMILES string of the molecule is CC(C)(C)OC(=O)NCCNS(=O)(=O)c1cccc(NC(=O)C2(C#N)CCCC2)c1. The van der Waals surface area contributed by atoms with Crippen molar-refractivity contribution in [3.63, 3.8) is 0 Å². The lowest BCUT2D eigenvalue weighted by Gasteiger charge is -2.20. The molecule has 0 aromatic heterocycles. The number of amides is 2. The molecule has 1 aliphatic carbocycles. The second-order valence-corrected chi connectivity index (χ2v) is 9.98. The lowest BCUT2D eigenvalue weighted by atomic mass is 9.87. The zero-order valence-electron chi connectivity index (χ0n) is 17.4. The second kappa shape index (κ2) is 9.45. The minimum atomic E-state index is -3.85. The fourth-order valence-corrected chi connectivity index (χ4v) is 4.18. The number of ether oxygens (including phenoxy) is 1. The molecular weight excluding hydrogens is 408 g/mol. The molecule has 2 rings (SSSR count). The number of nitriles is 1. The molecule has 0 spiro atoms. The number of carbonyl (C=O) groups is 2. The Morgan fingerprint density at radius 3 is 2.47 bits per heavy atom. The second-order valence-electron chi connectivity index (χ2n) is 8.21. The summed E-state index contributed by atoms with van der Waals surface area (Å²) < 4.78 is 32.5. The highest BCUT2D eigenvalue weighted by atomic mass is 32.2. The predicted molar refractivity (Wildman–Crippen MR) is 111 cm³/mol. The molecule has 0 unspecified atom stereocenters. The Kier molecular flexibility index (Phi) is 7.44. The van der Waals surface area contributed by atoms with Crippen LogP contribution in [0.5, 0.6) is 0 Å². The van der Waals surface area contributed by atoms with Gasteiger partial charge in [-0.15, -0.1) is 0 Å². The van der Waals surface area contributed by atoms with Crippen LogP contribution >= 0.6 is 0 Å². The maximum absolute atomic E-state index is 12.6. The van der Waals surface area contributed by atoms with Crippen molar-refractivity contribution < 1.29 is 22.7 Å². The van der Waals surface area contributed by atoms with Gasteiger partial charge in [-0.3, -0.25) is 4.79 Å². The molecular formula is C20H28N4O5S. The van der Waals surface area contributed by atoms with Crippen LogP contribution in [0.1, 0.15) is 46.5 Å². The van der Waals surface area contributed by atoms with Crippen molar-refractivity contribution in [1.29, 1.82) is 5.26 Å². The Bertz CT molecular complexity index is 925. The first-order valence-corrected chi connectivity index (χ1v) is 11.3. The molecule has 1 fully saturated rings. The van der Waals surface area contributed by atoms with Crippen LogP contribution in [0.4, 0.5) is 10.5 Å². The first-order chi connectivity index (χ1) is 14.0. The molecule has 3 N–H and O–H groups in total. The van der Waals surface area contributed by atoms with E-state index in [1.165, 1.54) is 18.2 Å². The third kappa shape index (κ3) is 6.43. The van der Waals surface area contributed by atoms with Gasteiger partial charge in [-0.05, 0) is 51.8 Å². The zero-order chi connectivity index (χ0) is 22.4. The van der Waals surface area contributed by atoms with Crippen molar-refractivity contribution in [2.75, 3.05) is 18.4 Å². The van der Waals surface area contributed by atoms with Crippen LogP contribution in [-0.4, -0.2) is 39.1 Å². The molecule has 1 saturated carbocycles. The van der Waals surface area contributed by atoms with Crippen molar-refractivity contribution in [1.82, 2.24) is 10.0 Å². The minimum absolute atomic E-state index is 0.0320. The minimum Gasteiger partial charge on any atom is -0.444 e. The molecule has 0 radical (unpaired) electrons. The maximum atomic E-state index is 12.6. The van der Waals surface area contributed by atoms with E-state index in [2.05, 4.69) is 21.4 Å². The summed E-state index contributed by atoms with van der Waals surface area (Å²) in [5, 5.41) is 14.5. The number of hydrogen-bond donors (Lipinski definition) is 3. The van der Waals surface area contributed by atoms with Gasteiger partial charge in [0.2, 0.25) is 15.9 Å². The number of hydrogen-bond acceptors (Lipinski definition) is 6. The van der Waals surface area contributed by atoms with Gasteiger partial charge in [0.25, 0.3) is 0 Å². The van der Waals surface area contributed by atoms with E-state index in [9.17, 15) is 23.3 Å². The number of benzene rings is 1. The van der Waals surface area contributed by atoms with E-state index in [-0.39, 0.29) is 18.0 Å². The van der Waals surface area contributed by atoms with E-state index in [0.717, 1.165) is 12.8 Å². The number of sulfonamides is 1. The largest absolute Gasteiger partial charge is 0.444 e. The normalized spacial score (nSPS) is 15.8. The van der Waals surface area contributed by atoms with E-state index in [1.807, 2.05) is 0 Å². The van der Waals surface area contributed by atoms with Crippen LogP contribution in [0, 0.1) is 16.7 Å². The number of rotatable bonds is 7. The molecule has 10 heteroatoms. The molecule has 1 aromatic carbocycles. The van der Waals surface area contributed by atoms with Crippen molar-refractivity contribution in [3.05, 3.63) is 24.3 Å². The summed E-state index contributed by atoms with van der Waals surface area (Å²) in [4.78, 5) is 24.1. The molecule has 1 aromatic rings. The van der Waals surface area contributed by atoms with Crippen molar-refractivity contribution in [3.8, 4) is 6.07 Å². The molecule has 9 nitrogen and oxygen atoms in total. The summed E-state index contributed by atoms with van der Waals surface area (Å²) in [5.41, 5.74) is -1.39. The van der Waals surface area contributed by atoms with Gasteiger partial charge in [-0.25, -0.2) is 17.9 Å². The van der Waals surface area contributed by atoms with E-state index in [4.69, 9.17) is 4.74 Å². The Labute approximate surface area is 177 Å². The molecule has 0 atom stereocenters. The topological polar surface area (TPSA) is 137 Å². The molecule has 30 heavy (non-hydrogen) atoms. The Hall–Kier alpha value is -2.64. The third-order valence-corrected chi connectivity index (χ3v) is 6.05. The molecule has 0 heterocycles. The summed E-state index contributed by atoms with van der Waals surface area (Å²) in [6, 6.07) is 7.93. The van der Waals surface area contributed by atoms with Crippen LogP contribution in [0.15, 0.2) is 29.2 Å². The highest BCUT2D eigenvalue weighted by Crippen LogP contribution is 2.38. The number of nitrogens with one attached hydrogen (secondary N) is 3. The Morgan fingerprint density at radius 1 is 1.20 bits per heavy atom. The highest BCUT2D eigenvalue weighted by Gasteiger charge is 2.41. The smallest absolute Gasteiger partial charge is 0.407 e. The summed E-state index contributed by atoms with van der Waals surface area (Å²) in [7, 11) is -3.85. The monoisotopic (exact) mass is 436 g/mol. The number of carbonyl (C=O) groups excluding carboxylic acids is 2. The summed E-state index contributed by atoms with van der Waals surface area (Å²) >= 11 is 0. The van der Waals surface area contributed by atoms with Crippen LogP contribution < -0.4 is 15.4 Å². The van der Waals surface area contributed by atoms with Gasteiger partial charge in [0.15, 0.2) is 0 Å². The molecule has 2 amide bonds. The van der Waals surface area contributed by atoms with Gasteiger partial charge >= 0.3 is 6.09 Å².